The Labute approximate surface area is 137 Å². The van der Waals surface area contributed by atoms with Crippen LogP contribution in [0.2, 0.25) is 0 Å². The van der Waals surface area contributed by atoms with Crippen LogP contribution in [-0.4, -0.2) is 42.5 Å². The minimum atomic E-state index is 0.123. The average molecular weight is 316 g/mol. The Morgan fingerprint density at radius 1 is 1.30 bits per heavy atom. The normalized spacial score (nSPS) is 23.9. The van der Waals surface area contributed by atoms with Gasteiger partial charge in [0.2, 0.25) is 11.8 Å². The van der Waals surface area contributed by atoms with Crippen LogP contribution in [-0.2, 0) is 16.0 Å². The number of amides is 2. The first-order valence-corrected chi connectivity index (χ1v) is 8.44. The monoisotopic (exact) mass is 316 g/mol. The highest BCUT2D eigenvalue weighted by Gasteiger charge is 2.37. The van der Waals surface area contributed by atoms with Gasteiger partial charge in [0.1, 0.15) is 5.75 Å². The molecule has 3 rings (SSSR count). The van der Waals surface area contributed by atoms with E-state index < -0.39 is 0 Å². The number of benzene rings is 1. The summed E-state index contributed by atoms with van der Waals surface area (Å²) >= 11 is 0. The number of hydrogen-bond donors (Lipinski definition) is 1. The second kappa shape index (κ2) is 7.02. The molecule has 124 valence electrons. The molecule has 2 aliphatic heterocycles. The minimum absolute atomic E-state index is 0.123. The molecule has 2 saturated heterocycles. The fourth-order valence-corrected chi connectivity index (χ4v) is 3.49. The van der Waals surface area contributed by atoms with E-state index in [-0.39, 0.29) is 17.9 Å². The van der Waals surface area contributed by atoms with Crippen LogP contribution in [0.25, 0.3) is 0 Å². The van der Waals surface area contributed by atoms with E-state index in [9.17, 15) is 9.59 Å². The molecule has 1 aromatic rings. The van der Waals surface area contributed by atoms with Crippen molar-refractivity contribution in [3.05, 3.63) is 29.8 Å². The molecule has 0 saturated carbocycles. The lowest BCUT2D eigenvalue weighted by atomic mass is 9.99. The number of nitrogens with zero attached hydrogens (tertiary/aromatic N) is 1. The SMILES string of the molecule is CCOc1ccc(CC(=O)N2C[C@H]3CCCC(=O)N[C@H]3C2)cc1. The molecule has 5 nitrogen and oxygen atoms in total. The first-order valence-electron chi connectivity index (χ1n) is 8.44. The van der Waals surface area contributed by atoms with Gasteiger partial charge in [-0.2, -0.15) is 0 Å². The third-order valence-electron chi connectivity index (χ3n) is 4.71. The molecule has 1 N–H and O–H groups in total. The topological polar surface area (TPSA) is 58.6 Å². The van der Waals surface area contributed by atoms with Gasteiger partial charge in [-0.25, -0.2) is 0 Å². The first-order chi connectivity index (χ1) is 11.2. The summed E-state index contributed by atoms with van der Waals surface area (Å²) in [7, 11) is 0. The molecule has 2 amide bonds. The highest BCUT2D eigenvalue weighted by molar-refractivity contribution is 5.80. The summed E-state index contributed by atoms with van der Waals surface area (Å²) < 4.78 is 5.42. The zero-order valence-corrected chi connectivity index (χ0v) is 13.6. The fourth-order valence-electron chi connectivity index (χ4n) is 3.49. The zero-order chi connectivity index (χ0) is 16.2. The fraction of sp³-hybridized carbons (Fsp3) is 0.556. The number of carbonyl (C=O) groups excluding carboxylic acids is 2. The van der Waals surface area contributed by atoms with Crippen molar-refractivity contribution >= 4 is 11.8 Å². The highest BCUT2D eigenvalue weighted by Crippen LogP contribution is 2.25. The molecule has 2 aliphatic rings. The van der Waals surface area contributed by atoms with Crippen molar-refractivity contribution < 1.29 is 14.3 Å². The molecule has 1 aromatic carbocycles. The molecule has 5 heteroatoms. The summed E-state index contributed by atoms with van der Waals surface area (Å²) in [6.45, 7) is 4.00. The number of fused-ring (bicyclic) bond motifs is 1. The van der Waals surface area contributed by atoms with Crippen molar-refractivity contribution in [1.82, 2.24) is 10.2 Å². The van der Waals surface area contributed by atoms with Crippen molar-refractivity contribution in [2.24, 2.45) is 5.92 Å². The van der Waals surface area contributed by atoms with Gasteiger partial charge in [0.25, 0.3) is 0 Å². The molecule has 2 heterocycles. The van der Waals surface area contributed by atoms with Crippen LogP contribution in [0.15, 0.2) is 24.3 Å². The molecule has 0 unspecified atom stereocenters. The Balaban J connectivity index is 1.57. The Kier molecular flexibility index (Phi) is 4.84. The van der Waals surface area contributed by atoms with E-state index in [1.807, 2.05) is 36.1 Å². The average Bonchev–Trinajstić information content (AvgIpc) is 2.84. The molecular formula is C18H24N2O3. The van der Waals surface area contributed by atoms with Crippen molar-refractivity contribution in [2.45, 2.75) is 38.6 Å². The lowest BCUT2D eigenvalue weighted by Gasteiger charge is -2.17. The summed E-state index contributed by atoms with van der Waals surface area (Å²) in [4.78, 5) is 26.1. The second-order valence-electron chi connectivity index (χ2n) is 6.38. The number of carbonyl (C=O) groups is 2. The maximum atomic E-state index is 12.5. The Morgan fingerprint density at radius 2 is 2.09 bits per heavy atom. The molecule has 0 aliphatic carbocycles. The highest BCUT2D eigenvalue weighted by atomic mass is 16.5. The Morgan fingerprint density at radius 3 is 2.83 bits per heavy atom. The van der Waals surface area contributed by atoms with Gasteiger partial charge in [0.05, 0.1) is 19.1 Å². The van der Waals surface area contributed by atoms with Gasteiger partial charge in [-0.15, -0.1) is 0 Å². The van der Waals surface area contributed by atoms with Gasteiger partial charge in [-0.05, 0) is 43.4 Å². The van der Waals surface area contributed by atoms with E-state index in [0.29, 0.717) is 31.9 Å². The van der Waals surface area contributed by atoms with Gasteiger partial charge in [0, 0.05) is 19.5 Å². The first kappa shape index (κ1) is 15.8. The van der Waals surface area contributed by atoms with E-state index in [2.05, 4.69) is 5.32 Å². The van der Waals surface area contributed by atoms with Gasteiger partial charge in [0.15, 0.2) is 0 Å². The van der Waals surface area contributed by atoms with E-state index in [4.69, 9.17) is 4.74 Å². The van der Waals surface area contributed by atoms with Crippen molar-refractivity contribution in [2.75, 3.05) is 19.7 Å². The van der Waals surface area contributed by atoms with Crippen LogP contribution in [0.4, 0.5) is 0 Å². The maximum Gasteiger partial charge on any atom is 0.227 e. The quantitative estimate of drug-likeness (QED) is 0.921. The predicted octanol–water partition coefficient (Wildman–Crippen LogP) is 1.75. The van der Waals surface area contributed by atoms with Crippen molar-refractivity contribution in [3.8, 4) is 5.75 Å². The molecule has 0 bridgehead atoms. The van der Waals surface area contributed by atoms with Crippen LogP contribution in [0.3, 0.4) is 0 Å². The van der Waals surface area contributed by atoms with Crippen molar-refractivity contribution in [3.63, 3.8) is 0 Å². The van der Waals surface area contributed by atoms with Crippen LogP contribution in [0, 0.1) is 5.92 Å². The van der Waals surface area contributed by atoms with E-state index in [1.165, 1.54) is 0 Å². The van der Waals surface area contributed by atoms with Crippen LogP contribution < -0.4 is 10.1 Å². The predicted molar refractivity (Wildman–Crippen MR) is 87.2 cm³/mol. The Hall–Kier alpha value is -2.04. The number of ether oxygens (including phenoxy) is 1. The smallest absolute Gasteiger partial charge is 0.227 e. The van der Waals surface area contributed by atoms with E-state index in [1.54, 1.807) is 0 Å². The van der Waals surface area contributed by atoms with Crippen LogP contribution in [0.1, 0.15) is 31.7 Å². The number of nitrogens with one attached hydrogen (secondary N) is 1. The van der Waals surface area contributed by atoms with Gasteiger partial charge in [-0.1, -0.05) is 12.1 Å². The Bertz CT molecular complexity index is 570. The minimum Gasteiger partial charge on any atom is -0.494 e. The lowest BCUT2D eigenvalue weighted by Crippen LogP contribution is -2.39. The zero-order valence-electron chi connectivity index (χ0n) is 13.6. The second-order valence-corrected chi connectivity index (χ2v) is 6.38. The summed E-state index contributed by atoms with van der Waals surface area (Å²) in [5.41, 5.74) is 0.995. The third-order valence-corrected chi connectivity index (χ3v) is 4.71. The summed E-state index contributed by atoms with van der Waals surface area (Å²) in [6.07, 6.45) is 2.97. The molecule has 23 heavy (non-hydrogen) atoms. The van der Waals surface area contributed by atoms with E-state index in [0.717, 1.165) is 30.7 Å². The standard InChI is InChI=1S/C18H24N2O3/c1-2-23-15-8-6-13(7-9-15)10-18(22)20-11-14-4-3-5-17(21)19-16(14)12-20/h6-9,14,16H,2-5,10-12H2,1H3,(H,19,21)/t14-,16+/m1/s1. The summed E-state index contributed by atoms with van der Waals surface area (Å²) in [6, 6.07) is 7.83. The summed E-state index contributed by atoms with van der Waals surface area (Å²) in [5.74, 6) is 1.50. The third kappa shape index (κ3) is 3.84. The molecule has 0 spiro atoms. The van der Waals surface area contributed by atoms with Crippen molar-refractivity contribution in [1.29, 1.82) is 0 Å². The number of rotatable bonds is 4. The molecule has 2 atom stereocenters. The van der Waals surface area contributed by atoms with Crippen LogP contribution >= 0.6 is 0 Å². The van der Waals surface area contributed by atoms with Gasteiger partial charge < -0.3 is 15.0 Å². The lowest BCUT2D eigenvalue weighted by molar-refractivity contribution is -0.130. The molecule has 0 aromatic heterocycles. The number of hydrogen-bond acceptors (Lipinski definition) is 3. The van der Waals surface area contributed by atoms with Gasteiger partial charge in [-0.3, -0.25) is 9.59 Å². The summed E-state index contributed by atoms with van der Waals surface area (Å²) in [5, 5.41) is 3.06. The number of likely N-dealkylation sites (tertiary alicyclic amines) is 1. The molecule has 0 radical (unpaired) electrons. The maximum absolute atomic E-state index is 12.5. The van der Waals surface area contributed by atoms with Crippen LogP contribution in [0.5, 0.6) is 5.75 Å². The molecular weight excluding hydrogens is 292 g/mol. The largest absolute Gasteiger partial charge is 0.494 e. The van der Waals surface area contributed by atoms with Gasteiger partial charge >= 0.3 is 0 Å². The molecule has 2 fully saturated rings. The van der Waals surface area contributed by atoms with E-state index >= 15 is 0 Å².